The van der Waals surface area contributed by atoms with Gasteiger partial charge in [0.25, 0.3) is 11.8 Å². The number of hydroxylamine groups is 2. The highest BCUT2D eigenvalue weighted by molar-refractivity contribution is 6.05. The summed E-state index contributed by atoms with van der Waals surface area (Å²) in [6.07, 6.45) is 4.24. The summed E-state index contributed by atoms with van der Waals surface area (Å²) in [5.74, 6) is -0.148. The van der Waals surface area contributed by atoms with E-state index < -0.39 is 0 Å². The van der Waals surface area contributed by atoms with E-state index in [9.17, 15) is 9.59 Å². The molecular weight excluding hydrogens is 444 g/mol. The minimum atomic E-state index is -0.267. The monoisotopic (exact) mass is 476 g/mol. The van der Waals surface area contributed by atoms with Crippen molar-refractivity contribution in [1.29, 1.82) is 0 Å². The Hall–Kier alpha value is -3.69. The van der Waals surface area contributed by atoms with Gasteiger partial charge in [-0.1, -0.05) is 25.1 Å². The number of fused-ring (bicyclic) bond motifs is 1. The van der Waals surface area contributed by atoms with Crippen LogP contribution in [0.4, 0.5) is 11.4 Å². The van der Waals surface area contributed by atoms with Crippen molar-refractivity contribution in [1.82, 2.24) is 10.4 Å². The number of hydrogen-bond donors (Lipinski definition) is 4. The van der Waals surface area contributed by atoms with E-state index >= 15 is 0 Å². The number of amidine groups is 1. The Labute approximate surface area is 205 Å². The lowest BCUT2D eigenvalue weighted by Crippen LogP contribution is -2.50. The van der Waals surface area contributed by atoms with E-state index in [2.05, 4.69) is 10.3 Å². The predicted molar refractivity (Wildman–Crippen MR) is 136 cm³/mol. The molecule has 4 rings (SSSR count). The van der Waals surface area contributed by atoms with Gasteiger partial charge < -0.3 is 22.5 Å². The molecule has 184 valence electrons. The molecule has 0 aromatic heterocycles. The zero-order chi connectivity index (χ0) is 24.9. The second-order valence-corrected chi connectivity index (χ2v) is 9.05. The largest absolute Gasteiger partial charge is 0.399 e. The van der Waals surface area contributed by atoms with Crippen LogP contribution in [0.25, 0.3) is 6.08 Å². The number of anilines is 1. The van der Waals surface area contributed by atoms with Crippen molar-refractivity contribution in [3.63, 3.8) is 0 Å². The fourth-order valence-corrected chi connectivity index (χ4v) is 4.07. The molecule has 0 atom stereocenters. The van der Waals surface area contributed by atoms with E-state index in [0.29, 0.717) is 40.5 Å². The molecule has 9 heteroatoms. The number of nitrogens with zero attached hydrogens (tertiary/aromatic N) is 2. The van der Waals surface area contributed by atoms with E-state index in [1.54, 1.807) is 36.4 Å². The quantitative estimate of drug-likeness (QED) is 0.340. The van der Waals surface area contributed by atoms with Crippen LogP contribution >= 0.6 is 0 Å². The molecule has 1 saturated carbocycles. The van der Waals surface area contributed by atoms with Gasteiger partial charge in [0.1, 0.15) is 12.4 Å². The lowest BCUT2D eigenvalue weighted by atomic mass is 9.87. The van der Waals surface area contributed by atoms with Gasteiger partial charge in [0.2, 0.25) is 0 Å². The number of carbonyl (C=O) groups excluding carboxylic acids is 2. The molecule has 1 aliphatic heterocycles. The molecule has 9 nitrogen and oxygen atoms in total. The van der Waals surface area contributed by atoms with Crippen LogP contribution in [0.5, 0.6) is 0 Å². The summed E-state index contributed by atoms with van der Waals surface area (Å²) in [6.45, 7) is 2.64. The van der Waals surface area contributed by atoms with Gasteiger partial charge in [0.05, 0.1) is 5.69 Å². The molecule has 2 aromatic carbocycles. The van der Waals surface area contributed by atoms with Gasteiger partial charge in [-0.15, -0.1) is 0 Å². The molecule has 2 aliphatic rings. The van der Waals surface area contributed by atoms with Crippen LogP contribution in [0.15, 0.2) is 53.0 Å². The number of carbonyl (C=O) groups is 2. The van der Waals surface area contributed by atoms with E-state index in [1.807, 2.05) is 19.1 Å². The third-order valence-electron chi connectivity index (χ3n) is 6.06. The smallest absolute Gasteiger partial charge is 0.273 e. The summed E-state index contributed by atoms with van der Waals surface area (Å²) in [5, 5.41) is 4.35. The second-order valence-electron chi connectivity index (χ2n) is 9.05. The van der Waals surface area contributed by atoms with Gasteiger partial charge in [-0.3, -0.25) is 14.4 Å². The minimum absolute atomic E-state index is 0.104. The van der Waals surface area contributed by atoms with Crippen LogP contribution < -0.4 is 22.5 Å². The first kappa shape index (κ1) is 24.4. The fraction of sp³-hybridized carbons (Fsp3) is 0.346. The second kappa shape index (κ2) is 10.7. The number of nitrogens with two attached hydrogens (primary N) is 3. The van der Waals surface area contributed by atoms with E-state index in [4.69, 9.17) is 22.0 Å². The zero-order valence-corrected chi connectivity index (χ0v) is 19.9. The van der Waals surface area contributed by atoms with Gasteiger partial charge in [-0.25, -0.2) is 10.1 Å². The SMILES string of the molecule is CCCN(OCc1ccc(N)cc1)C(=O)C1=Cc2ccc(C(=O)N[C@H]3C[C@H](N)C3)cc2N=C(N)C1. The summed E-state index contributed by atoms with van der Waals surface area (Å²) >= 11 is 0. The third-order valence-corrected chi connectivity index (χ3v) is 6.06. The van der Waals surface area contributed by atoms with Crippen molar-refractivity contribution in [2.75, 3.05) is 12.3 Å². The normalized spacial score (nSPS) is 18.9. The molecule has 0 saturated heterocycles. The molecule has 0 unspecified atom stereocenters. The van der Waals surface area contributed by atoms with Gasteiger partial charge in [-0.2, -0.15) is 0 Å². The number of hydrogen-bond acceptors (Lipinski definition) is 7. The van der Waals surface area contributed by atoms with Gasteiger partial charge in [-0.05, 0) is 55.2 Å². The van der Waals surface area contributed by atoms with E-state index in [0.717, 1.165) is 24.8 Å². The molecule has 0 spiro atoms. The highest BCUT2D eigenvalue weighted by Gasteiger charge is 2.28. The minimum Gasteiger partial charge on any atom is -0.399 e. The molecule has 2 aromatic rings. The summed E-state index contributed by atoms with van der Waals surface area (Å²) in [7, 11) is 0. The van der Waals surface area contributed by atoms with Gasteiger partial charge in [0.15, 0.2) is 0 Å². The average Bonchev–Trinajstić information content (AvgIpc) is 2.98. The first-order valence-corrected chi connectivity index (χ1v) is 11.9. The zero-order valence-electron chi connectivity index (χ0n) is 19.9. The van der Waals surface area contributed by atoms with Crippen LogP contribution in [0.1, 0.15) is 54.1 Å². The summed E-state index contributed by atoms with van der Waals surface area (Å²) < 4.78 is 0. The molecule has 2 amide bonds. The third kappa shape index (κ3) is 6.06. The van der Waals surface area contributed by atoms with Crippen LogP contribution in [-0.4, -0.2) is 41.3 Å². The molecular formula is C26H32N6O3. The van der Waals surface area contributed by atoms with Crippen molar-refractivity contribution in [3.05, 3.63) is 64.7 Å². The van der Waals surface area contributed by atoms with Crippen molar-refractivity contribution >= 4 is 35.1 Å². The molecule has 0 radical (unpaired) electrons. The molecule has 35 heavy (non-hydrogen) atoms. The van der Waals surface area contributed by atoms with E-state index in [1.165, 1.54) is 5.06 Å². The number of aliphatic imine (C=N–C) groups is 1. The first-order valence-electron chi connectivity index (χ1n) is 11.9. The maximum Gasteiger partial charge on any atom is 0.273 e. The maximum atomic E-state index is 13.4. The fourth-order valence-electron chi connectivity index (χ4n) is 4.07. The summed E-state index contributed by atoms with van der Waals surface area (Å²) in [4.78, 5) is 36.3. The molecule has 1 heterocycles. The Morgan fingerprint density at radius 1 is 1.14 bits per heavy atom. The standard InChI is InChI=1S/C26H32N6O3/c1-2-9-32(35-15-16-3-7-20(27)8-4-16)26(34)19-10-17-5-6-18(11-23(17)31-24(29)12-19)25(33)30-22-13-21(28)14-22/h3-8,10-11,21-22H,2,9,12-15,27-28H2,1H3,(H2,29,31)(H,30,33)/t21-,22-. The number of nitrogen functional groups attached to an aromatic ring is 1. The lowest BCUT2D eigenvalue weighted by molar-refractivity contribution is -0.187. The number of nitrogens with one attached hydrogen (secondary N) is 1. The van der Waals surface area contributed by atoms with Crippen LogP contribution in [0.2, 0.25) is 0 Å². The first-order chi connectivity index (χ1) is 16.8. The average molecular weight is 477 g/mol. The number of amides is 2. The van der Waals surface area contributed by atoms with Crippen LogP contribution in [0, 0.1) is 0 Å². The molecule has 0 bridgehead atoms. The highest BCUT2D eigenvalue weighted by Crippen LogP contribution is 2.29. The molecule has 1 aliphatic carbocycles. The predicted octanol–water partition coefficient (Wildman–Crippen LogP) is 2.63. The van der Waals surface area contributed by atoms with Gasteiger partial charge >= 0.3 is 0 Å². The maximum absolute atomic E-state index is 13.4. The summed E-state index contributed by atoms with van der Waals surface area (Å²) in [6, 6.07) is 12.8. The van der Waals surface area contributed by atoms with Crippen molar-refractivity contribution in [2.24, 2.45) is 16.5 Å². The Morgan fingerprint density at radius 2 is 1.89 bits per heavy atom. The van der Waals surface area contributed by atoms with Crippen molar-refractivity contribution < 1.29 is 14.4 Å². The Bertz CT molecular complexity index is 1150. The molecule has 7 N–H and O–H groups in total. The Balaban J connectivity index is 1.50. The van der Waals surface area contributed by atoms with Crippen molar-refractivity contribution in [3.8, 4) is 0 Å². The number of rotatable bonds is 8. The Morgan fingerprint density at radius 3 is 2.57 bits per heavy atom. The van der Waals surface area contributed by atoms with Crippen LogP contribution in [0.3, 0.4) is 0 Å². The van der Waals surface area contributed by atoms with Crippen molar-refractivity contribution in [2.45, 2.75) is 51.3 Å². The van der Waals surface area contributed by atoms with Gasteiger partial charge in [0, 0.05) is 47.4 Å². The summed E-state index contributed by atoms with van der Waals surface area (Å²) in [5.41, 5.74) is 21.5. The lowest BCUT2D eigenvalue weighted by Gasteiger charge is -2.32. The Kier molecular flexibility index (Phi) is 7.48. The van der Waals surface area contributed by atoms with Crippen LogP contribution in [-0.2, 0) is 16.2 Å². The number of benzene rings is 2. The van der Waals surface area contributed by atoms with E-state index in [-0.39, 0.29) is 36.9 Å². The highest BCUT2D eigenvalue weighted by atomic mass is 16.7. The molecule has 1 fully saturated rings. The topological polar surface area (TPSA) is 149 Å².